The third kappa shape index (κ3) is 7.91. The standard InChI is InChI=1S/C14H24N2O6S2/c1-21-13(19)10(6-9-24-4)15-11(17)12(18)16(14(20)22-2)7-5-8-23-3/h10H,5-9H2,1-4H3,(H,15,17). The van der Waals surface area contributed by atoms with Gasteiger partial charge in [0.2, 0.25) is 0 Å². The van der Waals surface area contributed by atoms with E-state index in [1.807, 2.05) is 12.5 Å². The Morgan fingerprint density at radius 3 is 2.17 bits per heavy atom. The van der Waals surface area contributed by atoms with Gasteiger partial charge >= 0.3 is 23.9 Å². The highest BCUT2D eigenvalue weighted by Crippen LogP contribution is 2.05. The van der Waals surface area contributed by atoms with Crippen LogP contribution in [0, 0.1) is 0 Å². The maximum atomic E-state index is 12.2. The van der Waals surface area contributed by atoms with Crippen molar-refractivity contribution in [1.29, 1.82) is 0 Å². The van der Waals surface area contributed by atoms with E-state index in [1.54, 1.807) is 11.8 Å². The van der Waals surface area contributed by atoms with Crippen molar-refractivity contribution in [3.63, 3.8) is 0 Å². The lowest BCUT2D eigenvalue weighted by Crippen LogP contribution is -2.51. The molecule has 1 N–H and O–H groups in total. The number of nitrogens with zero attached hydrogens (tertiary/aromatic N) is 1. The molecule has 0 saturated carbocycles. The number of ether oxygens (including phenoxy) is 2. The fourth-order valence-electron chi connectivity index (χ4n) is 1.72. The average Bonchev–Trinajstić information content (AvgIpc) is 2.60. The first-order valence-corrected chi connectivity index (χ1v) is 9.97. The van der Waals surface area contributed by atoms with Gasteiger partial charge in [0.25, 0.3) is 0 Å². The molecule has 0 aliphatic heterocycles. The lowest BCUT2D eigenvalue weighted by molar-refractivity contribution is -0.149. The summed E-state index contributed by atoms with van der Waals surface area (Å²) in [7, 11) is 2.33. The highest BCUT2D eigenvalue weighted by atomic mass is 32.2. The summed E-state index contributed by atoms with van der Waals surface area (Å²) < 4.78 is 9.15. The molecule has 0 aromatic heterocycles. The zero-order chi connectivity index (χ0) is 18.5. The number of hydrogen-bond donors (Lipinski definition) is 1. The van der Waals surface area contributed by atoms with E-state index in [0.717, 1.165) is 17.8 Å². The Balaban J connectivity index is 4.94. The number of amides is 3. The summed E-state index contributed by atoms with van der Waals surface area (Å²) in [6, 6.07) is -0.940. The lowest BCUT2D eigenvalue weighted by Gasteiger charge is -2.20. The summed E-state index contributed by atoms with van der Waals surface area (Å²) in [6.45, 7) is 0.0630. The summed E-state index contributed by atoms with van der Waals surface area (Å²) >= 11 is 3.05. The van der Waals surface area contributed by atoms with Crippen LogP contribution < -0.4 is 5.32 Å². The highest BCUT2D eigenvalue weighted by Gasteiger charge is 2.31. The maximum absolute atomic E-state index is 12.2. The molecule has 3 amide bonds. The Hall–Kier alpha value is -1.42. The molecule has 0 bridgehead atoms. The van der Waals surface area contributed by atoms with Crippen LogP contribution in [-0.2, 0) is 23.9 Å². The lowest BCUT2D eigenvalue weighted by atomic mass is 10.2. The Kier molecular flexibility index (Phi) is 12.2. The van der Waals surface area contributed by atoms with E-state index in [4.69, 9.17) is 0 Å². The minimum Gasteiger partial charge on any atom is -0.467 e. The second-order valence-electron chi connectivity index (χ2n) is 4.60. The van der Waals surface area contributed by atoms with Crippen molar-refractivity contribution in [2.24, 2.45) is 0 Å². The molecule has 1 atom stereocenters. The van der Waals surface area contributed by atoms with Crippen molar-refractivity contribution in [2.75, 3.05) is 44.8 Å². The van der Waals surface area contributed by atoms with Gasteiger partial charge in [0.05, 0.1) is 14.2 Å². The molecular formula is C14H24N2O6S2. The van der Waals surface area contributed by atoms with Gasteiger partial charge in [-0.15, -0.1) is 0 Å². The van der Waals surface area contributed by atoms with Crippen LogP contribution in [0.3, 0.4) is 0 Å². The molecule has 1 unspecified atom stereocenters. The van der Waals surface area contributed by atoms with E-state index in [1.165, 1.54) is 18.9 Å². The Labute approximate surface area is 150 Å². The Morgan fingerprint density at radius 2 is 1.67 bits per heavy atom. The molecule has 0 rings (SSSR count). The van der Waals surface area contributed by atoms with Crippen molar-refractivity contribution >= 4 is 47.4 Å². The van der Waals surface area contributed by atoms with Gasteiger partial charge in [-0.2, -0.15) is 23.5 Å². The number of rotatable bonds is 9. The first-order chi connectivity index (χ1) is 11.4. The quantitative estimate of drug-likeness (QED) is 0.355. The van der Waals surface area contributed by atoms with Gasteiger partial charge in [0.15, 0.2) is 0 Å². The third-order valence-electron chi connectivity index (χ3n) is 2.97. The molecule has 0 spiro atoms. The van der Waals surface area contributed by atoms with Gasteiger partial charge in [-0.25, -0.2) is 14.5 Å². The Morgan fingerprint density at radius 1 is 1.04 bits per heavy atom. The fourth-order valence-corrected chi connectivity index (χ4v) is 2.61. The van der Waals surface area contributed by atoms with Crippen LogP contribution in [0.2, 0.25) is 0 Å². The highest BCUT2D eigenvalue weighted by molar-refractivity contribution is 7.98. The molecule has 138 valence electrons. The zero-order valence-corrected chi connectivity index (χ0v) is 16.0. The summed E-state index contributed by atoms with van der Waals surface area (Å²) in [6.07, 6.45) is 3.69. The number of imide groups is 1. The topological polar surface area (TPSA) is 102 Å². The summed E-state index contributed by atoms with van der Waals surface area (Å²) in [4.78, 5) is 48.4. The van der Waals surface area contributed by atoms with Crippen LogP contribution in [0.1, 0.15) is 12.8 Å². The van der Waals surface area contributed by atoms with Crippen LogP contribution in [0.4, 0.5) is 4.79 Å². The van der Waals surface area contributed by atoms with E-state index in [2.05, 4.69) is 14.8 Å². The largest absolute Gasteiger partial charge is 0.467 e. The minimum absolute atomic E-state index is 0.0630. The number of carbonyl (C=O) groups excluding carboxylic acids is 4. The average molecular weight is 380 g/mol. The van der Waals surface area contributed by atoms with E-state index in [9.17, 15) is 19.2 Å². The fraction of sp³-hybridized carbons (Fsp3) is 0.714. The molecule has 0 fully saturated rings. The van der Waals surface area contributed by atoms with Crippen molar-refractivity contribution in [3.8, 4) is 0 Å². The van der Waals surface area contributed by atoms with Gasteiger partial charge in [-0.05, 0) is 36.9 Å². The number of esters is 1. The van der Waals surface area contributed by atoms with Crippen molar-refractivity contribution in [2.45, 2.75) is 18.9 Å². The van der Waals surface area contributed by atoms with Crippen molar-refractivity contribution in [1.82, 2.24) is 10.2 Å². The van der Waals surface area contributed by atoms with Gasteiger partial charge in [-0.3, -0.25) is 9.59 Å². The predicted octanol–water partition coefficient (Wildman–Crippen LogP) is 0.745. The number of nitrogens with one attached hydrogen (secondary N) is 1. The SMILES string of the molecule is COC(=O)C(CCSC)NC(=O)C(=O)N(CCCSC)C(=O)OC. The summed E-state index contributed by atoms with van der Waals surface area (Å²) in [5.41, 5.74) is 0. The first-order valence-electron chi connectivity index (χ1n) is 7.18. The molecule has 24 heavy (non-hydrogen) atoms. The first kappa shape index (κ1) is 22.6. The molecule has 0 heterocycles. The molecule has 0 aliphatic carbocycles. The van der Waals surface area contributed by atoms with Gasteiger partial charge < -0.3 is 14.8 Å². The van der Waals surface area contributed by atoms with E-state index in [0.29, 0.717) is 18.6 Å². The molecule has 8 nitrogen and oxygen atoms in total. The van der Waals surface area contributed by atoms with Gasteiger partial charge in [-0.1, -0.05) is 0 Å². The summed E-state index contributed by atoms with van der Waals surface area (Å²) in [5.74, 6) is -1.41. The molecule has 0 aliphatic rings. The zero-order valence-electron chi connectivity index (χ0n) is 14.3. The number of carbonyl (C=O) groups is 4. The van der Waals surface area contributed by atoms with Crippen LogP contribution in [-0.4, -0.2) is 79.6 Å². The predicted molar refractivity (Wildman–Crippen MR) is 94.1 cm³/mol. The maximum Gasteiger partial charge on any atom is 0.416 e. The van der Waals surface area contributed by atoms with Crippen molar-refractivity contribution < 1.29 is 28.7 Å². The van der Waals surface area contributed by atoms with Crippen LogP contribution >= 0.6 is 23.5 Å². The van der Waals surface area contributed by atoms with Crippen LogP contribution in [0.15, 0.2) is 0 Å². The second kappa shape index (κ2) is 12.9. The van der Waals surface area contributed by atoms with E-state index >= 15 is 0 Å². The summed E-state index contributed by atoms with van der Waals surface area (Å²) in [5, 5.41) is 2.32. The second-order valence-corrected chi connectivity index (χ2v) is 6.58. The molecule has 0 radical (unpaired) electrons. The number of thioether (sulfide) groups is 2. The molecule has 0 aromatic rings. The normalized spacial score (nSPS) is 11.3. The molecule has 0 aromatic carbocycles. The number of hydrogen-bond acceptors (Lipinski definition) is 8. The van der Waals surface area contributed by atoms with E-state index < -0.39 is 29.9 Å². The van der Waals surface area contributed by atoms with Crippen LogP contribution in [0.5, 0.6) is 0 Å². The molecule has 0 saturated heterocycles. The molecule has 10 heteroatoms. The van der Waals surface area contributed by atoms with Gasteiger partial charge in [0, 0.05) is 6.54 Å². The smallest absolute Gasteiger partial charge is 0.416 e. The monoisotopic (exact) mass is 380 g/mol. The number of methoxy groups -OCH3 is 2. The Bertz CT molecular complexity index is 447. The van der Waals surface area contributed by atoms with Gasteiger partial charge in [0.1, 0.15) is 6.04 Å². The minimum atomic E-state index is -1.05. The molecular weight excluding hydrogens is 356 g/mol. The van der Waals surface area contributed by atoms with Crippen molar-refractivity contribution in [3.05, 3.63) is 0 Å². The van der Waals surface area contributed by atoms with E-state index in [-0.39, 0.29) is 6.54 Å². The van der Waals surface area contributed by atoms with Crippen LogP contribution in [0.25, 0.3) is 0 Å². The third-order valence-corrected chi connectivity index (χ3v) is 4.31.